The number of carbonyl (C=O) groups is 1. The molecule has 1 aliphatic rings. The van der Waals surface area contributed by atoms with Crippen LogP contribution in [0.15, 0.2) is 30.3 Å². The number of likely N-dealkylation sites (tertiary alicyclic amines) is 1. The highest BCUT2D eigenvalue weighted by molar-refractivity contribution is 5.79. The van der Waals surface area contributed by atoms with Crippen LogP contribution in [0.4, 0.5) is 0 Å². The molecule has 1 saturated heterocycles. The van der Waals surface area contributed by atoms with Gasteiger partial charge in [0, 0.05) is 19.1 Å². The fraction of sp³-hybridized carbons (Fsp3) is 0.533. The zero-order valence-corrected chi connectivity index (χ0v) is 11.0. The summed E-state index contributed by atoms with van der Waals surface area (Å²) in [5.74, 6) is 0.0524. The van der Waals surface area contributed by atoms with E-state index < -0.39 is 0 Å². The fourth-order valence-electron chi connectivity index (χ4n) is 2.52. The van der Waals surface area contributed by atoms with Crippen molar-refractivity contribution in [1.82, 2.24) is 4.90 Å². The van der Waals surface area contributed by atoms with E-state index in [1.807, 2.05) is 42.2 Å². The molecule has 0 radical (unpaired) electrons. The topological polar surface area (TPSA) is 46.3 Å². The van der Waals surface area contributed by atoms with Crippen molar-refractivity contribution in [1.29, 1.82) is 0 Å². The number of nitrogens with zero attached hydrogens (tertiary/aromatic N) is 1. The summed E-state index contributed by atoms with van der Waals surface area (Å²) in [4.78, 5) is 14.3. The summed E-state index contributed by atoms with van der Waals surface area (Å²) < 4.78 is 0. The van der Waals surface area contributed by atoms with Crippen molar-refractivity contribution in [2.45, 2.75) is 32.2 Å². The van der Waals surface area contributed by atoms with Crippen molar-refractivity contribution in [3.8, 4) is 0 Å². The summed E-state index contributed by atoms with van der Waals surface area (Å²) in [6.45, 7) is 3.73. The van der Waals surface area contributed by atoms with Crippen LogP contribution in [0, 0.1) is 5.92 Å². The number of amides is 1. The summed E-state index contributed by atoms with van der Waals surface area (Å²) >= 11 is 0. The number of carbonyl (C=O) groups excluding carboxylic acids is 1. The average molecular weight is 246 g/mol. The van der Waals surface area contributed by atoms with Crippen LogP contribution in [0.3, 0.4) is 0 Å². The molecule has 0 bridgehead atoms. The Hall–Kier alpha value is -1.35. The number of nitrogens with two attached hydrogens (primary N) is 1. The van der Waals surface area contributed by atoms with Gasteiger partial charge in [-0.25, -0.2) is 0 Å². The van der Waals surface area contributed by atoms with Gasteiger partial charge in [-0.2, -0.15) is 0 Å². The monoisotopic (exact) mass is 246 g/mol. The first-order valence-corrected chi connectivity index (χ1v) is 6.79. The smallest absolute Gasteiger partial charge is 0.227 e. The minimum atomic E-state index is -0.208. The van der Waals surface area contributed by atoms with Gasteiger partial charge in [0.2, 0.25) is 5.91 Å². The minimum absolute atomic E-state index is 0.148. The van der Waals surface area contributed by atoms with Crippen molar-refractivity contribution in [2.24, 2.45) is 11.7 Å². The van der Waals surface area contributed by atoms with Gasteiger partial charge in [0.15, 0.2) is 0 Å². The first-order chi connectivity index (χ1) is 8.70. The number of hydrogen-bond acceptors (Lipinski definition) is 2. The molecule has 1 aliphatic heterocycles. The van der Waals surface area contributed by atoms with Crippen LogP contribution in [0.2, 0.25) is 0 Å². The molecule has 3 heteroatoms. The van der Waals surface area contributed by atoms with Crippen LogP contribution in [-0.4, -0.2) is 23.9 Å². The summed E-state index contributed by atoms with van der Waals surface area (Å²) in [6, 6.07) is 9.67. The fourth-order valence-corrected chi connectivity index (χ4v) is 2.52. The molecule has 98 valence electrons. The summed E-state index contributed by atoms with van der Waals surface area (Å²) in [6.07, 6.45) is 3.49. The van der Waals surface area contributed by atoms with E-state index in [1.165, 1.54) is 6.42 Å². The van der Waals surface area contributed by atoms with Crippen LogP contribution >= 0.6 is 0 Å². The molecule has 1 aromatic carbocycles. The van der Waals surface area contributed by atoms with Gasteiger partial charge in [-0.05, 0) is 24.8 Å². The number of hydrogen-bond donors (Lipinski definition) is 1. The molecule has 0 saturated carbocycles. The molecule has 0 spiro atoms. The third-order valence-electron chi connectivity index (χ3n) is 3.78. The van der Waals surface area contributed by atoms with Crippen LogP contribution in [0.1, 0.15) is 37.8 Å². The van der Waals surface area contributed by atoms with Gasteiger partial charge in [-0.15, -0.1) is 0 Å². The molecule has 0 aliphatic carbocycles. The van der Waals surface area contributed by atoms with Gasteiger partial charge >= 0.3 is 0 Å². The third-order valence-corrected chi connectivity index (χ3v) is 3.78. The molecule has 2 N–H and O–H groups in total. The lowest BCUT2D eigenvalue weighted by molar-refractivity contribution is -0.136. The largest absolute Gasteiger partial charge is 0.342 e. The predicted molar refractivity (Wildman–Crippen MR) is 73.0 cm³/mol. The SMILES string of the molecule is CC(C(=O)N1CCCCC1)C(N)c1ccccc1. The molecule has 2 unspecified atom stereocenters. The standard InChI is InChI=1S/C15H22N2O/c1-12(14(16)13-8-4-2-5-9-13)15(18)17-10-6-3-7-11-17/h2,4-5,8-9,12,14H,3,6-7,10-11,16H2,1H3. The summed E-state index contributed by atoms with van der Waals surface area (Å²) in [5, 5.41) is 0. The molecule has 1 amide bonds. The van der Waals surface area contributed by atoms with Gasteiger partial charge < -0.3 is 10.6 Å². The maximum atomic E-state index is 12.4. The van der Waals surface area contributed by atoms with Crippen molar-refractivity contribution in [3.63, 3.8) is 0 Å². The summed E-state index contributed by atoms with van der Waals surface area (Å²) in [5.41, 5.74) is 7.24. The van der Waals surface area contributed by atoms with E-state index in [9.17, 15) is 4.79 Å². The van der Waals surface area contributed by atoms with Crippen molar-refractivity contribution in [2.75, 3.05) is 13.1 Å². The molecule has 2 rings (SSSR count). The highest BCUT2D eigenvalue weighted by atomic mass is 16.2. The summed E-state index contributed by atoms with van der Waals surface area (Å²) in [7, 11) is 0. The molecule has 2 atom stereocenters. The molecule has 1 fully saturated rings. The van der Waals surface area contributed by atoms with Crippen molar-refractivity contribution >= 4 is 5.91 Å². The molecule has 1 heterocycles. The van der Waals surface area contributed by atoms with E-state index in [-0.39, 0.29) is 17.9 Å². The van der Waals surface area contributed by atoms with Crippen LogP contribution in [-0.2, 0) is 4.79 Å². The lowest BCUT2D eigenvalue weighted by Crippen LogP contribution is -2.42. The molecule has 18 heavy (non-hydrogen) atoms. The number of rotatable bonds is 3. The second kappa shape index (κ2) is 6.01. The Morgan fingerprint density at radius 3 is 2.39 bits per heavy atom. The van der Waals surface area contributed by atoms with E-state index in [2.05, 4.69) is 0 Å². The first-order valence-electron chi connectivity index (χ1n) is 6.79. The van der Waals surface area contributed by atoms with Gasteiger partial charge in [0.1, 0.15) is 0 Å². The molecule has 1 aromatic rings. The Morgan fingerprint density at radius 1 is 1.17 bits per heavy atom. The van der Waals surface area contributed by atoms with Gasteiger partial charge in [0.05, 0.1) is 5.92 Å². The normalized spacial score (nSPS) is 19.3. The van der Waals surface area contributed by atoms with E-state index >= 15 is 0 Å². The minimum Gasteiger partial charge on any atom is -0.342 e. The van der Waals surface area contributed by atoms with Crippen LogP contribution < -0.4 is 5.73 Å². The van der Waals surface area contributed by atoms with E-state index in [0.717, 1.165) is 31.5 Å². The van der Waals surface area contributed by atoms with E-state index in [0.29, 0.717) is 0 Å². The maximum absolute atomic E-state index is 12.4. The number of piperidine rings is 1. The maximum Gasteiger partial charge on any atom is 0.227 e. The highest BCUT2D eigenvalue weighted by Gasteiger charge is 2.27. The Bertz CT molecular complexity index is 385. The zero-order chi connectivity index (χ0) is 13.0. The Morgan fingerprint density at radius 2 is 1.78 bits per heavy atom. The lowest BCUT2D eigenvalue weighted by Gasteiger charge is -2.31. The Kier molecular flexibility index (Phi) is 4.37. The number of benzene rings is 1. The molecule has 3 nitrogen and oxygen atoms in total. The van der Waals surface area contributed by atoms with Crippen LogP contribution in [0.5, 0.6) is 0 Å². The van der Waals surface area contributed by atoms with Gasteiger partial charge in [-0.1, -0.05) is 37.3 Å². The quantitative estimate of drug-likeness (QED) is 0.889. The van der Waals surface area contributed by atoms with Crippen molar-refractivity contribution in [3.05, 3.63) is 35.9 Å². The Balaban J connectivity index is 2.01. The van der Waals surface area contributed by atoms with E-state index in [4.69, 9.17) is 5.73 Å². The second-order valence-corrected chi connectivity index (χ2v) is 5.11. The van der Waals surface area contributed by atoms with Crippen molar-refractivity contribution < 1.29 is 4.79 Å². The second-order valence-electron chi connectivity index (χ2n) is 5.11. The molecular weight excluding hydrogens is 224 g/mol. The first kappa shape index (κ1) is 13.1. The molecule has 0 aromatic heterocycles. The molecular formula is C15H22N2O. The van der Waals surface area contributed by atoms with Crippen LogP contribution in [0.25, 0.3) is 0 Å². The zero-order valence-electron chi connectivity index (χ0n) is 11.0. The van der Waals surface area contributed by atoms with Gasteiger partial charge in [-0.3, -0.25) is 4.79 Å². The van der Waals surface area contributed by atoms with Gasteiger partial charge in [0.25, 0.3) is 0 Å². The lowest BCUT2D eigenvalue weighted by atomic mass is 9.93. The predicted octanol–water partition coefficient (Wildman–Crippen LogP) is 2.34. The average Bonchev–Trinajstić information content (AvgIpc) is 2.47. The third kappa shape index (κ3) is 2.91. The van der Waals surface area contributed by atoms with E-state index in [1.54, 1.807) is 0 Å². The highest BCUT2D eigenvalue weighted by Crippen LogP contribution is 2.22. The Labute approximate surface area is 109 Å².